The molecular formula is C25H30FN5OS. The van der Waals surface area contributed by atoms with Crippen molar-refractivity contribution in [1.29, 1.82) is 0 Å². The van der Waals surface area contributed by atoms with Gasteiger partial charge >= 0.3 is 0 Å². The molecule has 1 aromatic carbocycles. The molecule has 2 unspecified atom stereocenters. The van der Waals surface area contributed by atoms with Crippen molar-refractivity contribution in [3.05, 3.63) is 58.7 Å². The van der Waals surface area contributed by atoms with E-state index in [9.17, 15) is 9.18 Å². The number of carbonyl (C=O) groups excluding carboxylic acids is 1. The summed E-state index contributed by atoms with van der Waals surface area (Å²) in [6, 6.07) is 6.28. The van der Waals surface area contributed by atoms with Crippen LogP contribution in [0.4, 0.5) is 10.3 Å². The Balaban J connectivity index is 1.58. The number of thiazole rings is 1. The van der Waals surface area contributed by atoms with Gasteiger partial charge < -0.3 is 10.2 Å². The lowest BCUT2D eigenvalue weighted by Crippen LogP contribution is -2.51. The third kappa shape index (κ3) is 5.21. The van der Waals surface area contributed by atoms with Crippen molar-refractivity contribution < 1.29 is 9.18 Å². The van der Waals surface area contributed by atoms with E-state index in [0.29, 0.717) is 30.6 Å². The van der Waals surface area contributed by atoms with Crippen molar-refractivity contribution >= 4 is 23.2 Å². The van der Waals surface area contributed by atoms with Gasteiger partial charge in [0, 0.05) is 25.5 Å². The van der Waals surface area contributed by atoms with E-state index in [-0.39, 0.29) is 17.8 Å². The summed E-state index contributed by atoms with van der Waals surface area (Å²) in [4.78, 5) is 30.0. The molecule has 1 fully saturated rings. The van der Waals surface area contributed by atoms with E-state index in [1.807, 2.05) is 24.2 Å². The van der Waals surface area contributed by atoms with Crippen molar-refractivity contribution in [2.24, 2.45) is 5.92 Å². The van der Waals surface area contributed by atoms with Gasteiger partial charge in [-0.3, -0.25) is 4.79 Å². The molecule has 0 radical (unpaired) electrons. The monoisotopic (exact) mass is 467 g/mol. The summed E-state index contributed by atoms with van der Waals surface area (Å²) in [5.41, 5.74) is 2.36. The molecular weight excluding hydrogens is 437 g/mol. The molecule has 1 aliphatic heterocycles. The highest BCUT2D eigenvalue weighted by atomic mass is 32.1. The van der Waals surface area contributed by atoms with E-state index >= 15 is 0 Å². The minimum absolute atomic E-state index is 0.0220. The van der Waals surface area contributed by atoms with Crippen LogP contribution in [0.3, 0.4) is 0 Å². The Labute approximate surface area is 198 Å². The van der Waals surface area contributed by atoms with Gasteiger partial charge in [0.1, 0.15) is 11.5 Å². The van der Waals surface area contributed by atoms with Gasteiger partial charge in [-0.1, -0.05) is 32.4 Å². The number of carbonyl (C=O) groups is 1. The number of aryl methyl sites for hydroxylation is 2. The smallest absolute Gasteiger partial charge is 0.274 e. The van der Waals surface area contributed by atoms with Crippen molar-refractivity contribution in [3.8, 4) is 10.4 Å². The van der Waals surface area contributed by atoms with Crippen LogP contribution in [0.25, 0.3) is 10.4 Å². The molecule has 2 atom stereocenters. The second-order valence-electron chi connectivity index (χ2n) is 8.44. The average Bonchev–Trinajstić information content (AvgIpc) is 3.24. The normalized spacial score (nSPS) is 18.4. The molecule has 6 nitrogen and oxygen atoms in total. The number of hydrogen-bond donors (Lipinski definition) is 1. The van der Waals surface area contributed by atoms with Crippen LogP contribution >= 0.6 is 11.3 Å². The number of nitrogens with zero attached hydrogens (tertiary/aromatic N) is 4. The molecule has 1 N–H and O–H groups in total. The summed E-state index contributed by atoms with van der Waals surface area (Å²) >= 11 is 1.47. The van der Waals surface area contributed by atoms with E-state index in [0.717, 1.165) is 46.7 Å². The maximum Gasteiger partial charge on any atom is 0.274 e. The van der Waals surface area contributed by atoms with Crippen LogP contribution in [0, 0.1) is 18.7 Å². The SMILES string of the molecule is CCc1cnc(NCC2C(CC)CCCN2C(=O)c2nc(C)sc2-c2ccc(F)cc2)nc1. The molecule has 0 bridgehead atoms. The molecule has 1 saturated heterocycles. The molecule has 33 heavy (non-hydrogen) atoms. The first-order valence-electron chi connectivity index (χ1n) is 11.6. The van der Waals surface area contributed by atoms with Gasteiger partial charge in [-0.25, -0.2) is 19.3 Å². The summed E-state index contributed by atoms with van der Waals surface area (Å²) in [7, 11) is 0. The van der Waals surface area contributed by atoms with Crippen molar-refractivity contribution in [3.63, 3.8) is 0 Å². The number of anilines is 1. The molecule has 0 saturated carbocycles. The van der Waals surface area contributed by atoms with E-state index in [1.165, 1.54) is 23.5 Å². The van der Waals surface area contributed by atoms with Crippen molar-refractivity contribution in [2.75, 3.05) is 18.4 Å². The molecule has 8 heteroatoms. The number of aromatic nitrogens is 3. The standard InChI is InChI=1S/C25H30FN5OS/c1-4-17-13-27-25(28-14-17)29-15-21-18(5-2)7-6-12-31(21)24(32)22-23(33-16(3)30-22)19-8-10-20(26)11-9-19/h8-11,13-14,18,21H,4-7,12,15H2,1-3H3,(H,27,28,29). The van der Waals surface area contributed by atoms with E-state index in [2.05, 4.69) is 34.1 Å². The summed E-state index contributed by atoms with van der Waals surface area (Å²) < 4.78 is 13.5. The fourth-order valence-corrected chi connectivity index (χ4v) is 5.39. The highest BCUT2D eigenvalue weighted by Gasteiger charge is 2.35. The first-order valence-corrected chi connectivity index (χ1v) is 12.4. The summed E-state index contributed by atoms with van der Waals surface area (Å²) in [5.74, 6) is 0.608. The van der Waals surface area contributed by atoms with Crippen LogP contribution < -0.4 is 5.32 Å². The van der Waals surface area contributed by atoms with E-state index in [4.69, 9.17) is 0 Å². The largest absolute Gasteiger partial charge is 0.352 e. The topological polar surface area (TPSA) is 71.0 Å². The molecule has 3 heterocycles. The zero-order valence-electron chi connectivity index (χ0n) is 19.3. The van der Waals surface area contributed by atoms with Gasteiger partial charge in [0.05, 0.1) is 15.9 Å². The lowest BCUT2D eigenvalue weighted by molar-refractivity contribution is 0.0509. The molecule has 1 amide bonds. The molecule has 1 aliphatic rings. The van der Waals surface area contributed by atoms with Crippen LogP contribution in [-0.2, 0) is 6.42 Å². The first-order chi connectivity index (χ1) is 16.0. The second kappa shape index (κ2) is 10.4. The molecule has 174 valence electrons. The Morgan fingerprint density at radius 1 is 1.21 bits per heavy atom. The molecule has 0 aliphatic carbocycles. The van der Waals surface area contributed by atoms with Crippen LogP contribution in [0.15, 0.2) is 36.7 Å². The number of likely N-dealkylation sites (tertiary alicyclic amines) is 1. The quantitative estimate of drug-likeness (QED) is 0.507. The van der Waals surface area contributed by atoms with Gasteiger partial charge in [-0.15, -0.1) is 11.3 Å². The minimum Gasteiger partial charge on any atom is -0.352 e. The van der Waals surface area contributed by atoms with Crippen LogP contribution in [-0.4, -0.2) is 44.9 Å². The molecule has 0 spiro atoms. The number of piperidine rings is 1. The zero-order chi connectivity index (χ0) is 23.4. The third-order valence-electron chi connectivity index (χ3n) is 6.33. The number of halogens is 1. The number of hydrogen-bond acceptors (Lipinski definition) is 6. The van der Waals surface area contributed by atoms with Crippen molar-refractivity contribution in [1.82, 2.24) is 19.9 Å². The molecule has 2 aromatic heterocycles. The highest BCUT2D eigenvalue weighted by molar-refractivity contribution is 7.15. The average molecular weight is 468 g/mol. The van der Waals surface area contributed by atoms with Crippen LogP contribution in [0.5, 0.6) is 0 Å². The Morgan fingerprint density at radius 2 is 1.94 bits per heavy atom. The Bertz CT molecular complexity index is 1080. The van der Waals surface area contributed by atoms with Gasteiger partial charge in [-0.05, 0) is 55.4 Å². The number of benzene rings is 1. The Kier molecular flexibility index (Phi) is 7.33. The second-order valence-corrected chi connectivity index (χ2v) is 9.65. The fraction of sp³-hybridized carbons (Fsp3) is 0.440. The van der Waals surface area contributed by atoms with Gasteiger partial charge in [0.15, 0.2) is 0 Å². The van der Waals surface area contributed by atoms with Crippen LogP contribution in [0.1, 0.15) is 54.2 Å². The summed E-state index contributed by atoms with van der Waals surface area (Å²) in [6.07, 6.45) is 7.62. The predicted octanol–water partition coefficient (Wildman–Crippen LogP) is 5.35. The lowest BCUT2D eigenvalue weighted by atomic mass is 9.86. The van der Waals surface area contributed by atoms with E-state index < -0.39 is 0 Å². The zero-order valence-corrected chi connectivity index (χ0v) is 20.2. The highest BCUT2D eigenvalue weighted by Crippen LogP contribution is 2.34. The van der Waals surface area contributed by atoms with Crippen molar-refractivity contribution in [2.45, 2.75) is 52.5 Å². The number of nitrogens with one attached hydrogen (secondary N) is 1. The molecule has 3 aromatic rings. The van der Waals surface area contributed by atoms with E-state index in [1.54, 1.807) is 12.1 Å². The van der Waals surface area contributed by atoms with Gasteiger partial charge in [0.25, 0.3) is 5.91 Å². The number of rotatable bonds is 7. The van der Waals surface area contributed by atoms with Gasteiger partial charge in [0.2, 0.25) is 5.95 Å². The van der Waals surface area contributed by atoms with Crippen LogP contribution in [0.2, 0.25) is 0 Å². The molecule has 4 rings (SSSR count). The maximum atomic E-state index is 13.8. The predicted molar refractivity (Wildman–Crippen MR) is 130 cm³/mol. The Morgan fingerprint density at radius 3 is 2.61 bits per heavy atom. The van der Waals surface area contributed by atoms with Gasteiger partial charge in [-0.2, -0.15) is 0 Å². The number of amides is 1. The minimum atomic E-state index is -0.296. The lowest BCUT2D eigenvalue weighted by Gasteiger charge is -2.41. The summed E-state index contributed by atoms with van der Waals surface area (Å²) in [6.45, 7) is 7.43. The fourth-order valence-electron chi connectivity index (χ4n) is 4.47. The first kappa shape index (κ1) is 23.3. The maximum absolute atomic E-state index is 13.8. The third-order valence-corrected chi connectivity index (χ3v) is 7.35. The Hall–Kier alpha value is -2.87. The summed E-state index contributed by atoms with van der Waals surface area (Å²) in [5, 5.41) is 4.17.